The maximum atomic E-state index is 12.7. The number of carbonyl (C=O) groups excluding carboxylic acids is 1. The minimum Gasteiger partial charge on any atom is -0.342 e. The van der Waals surface area contributed by atoms with E-state index in [4.69, 9.17) is 0 Å². The van der Waals surface area contributed by atoms with Crippen LogP contribution in [-0.2, 0) is 17.8 Å². The molecular formula is C19H31N5O. The van der Waals surface area contributed by atoms with Gasteiger partial charge in [0.2, 0.25) is 5.91 Å². The van der Waals surface area contributed by atoms with Crippen molar-refractivity contribution in [2.75, 3.05) is 26.7 Å². The van der Waals surface area contributed by atoms with Crippen molar-refractivity contribution in [3.05, 3.63) is 24.5 Å². The number of piperidine rings is 3. The van der Waals surface area contributed by atoms with Gasteiger partial charge in [0.25, 0.3) is 0 Å². The highest BCUT2D eigenvalue weighted by molar-refractivity contribution is 5.79. The summed E-state index contributed by atoms with van der Waals surface area (Å²) in [5.41, 5.74) is 1.09. The molecule has 138 valence electrons. The Hall–Kier alpha value is -1.69. The predicted octanol–water partition coefficient (Wildman–Crippen LogP) is 1.98. The summed E-state index contributed by atoms with van der Waals surface area (Å²) in [6, 6.07) is 0.480. The predicted molar refractivity (Wildman–Crippen MR) is 98.0 cm³/mol. The van der Waals surface area contributed by atoms with Crippen molar-refractivity contribution >= 4 is 5.91 Å². The van der Waals surface area contributed by atoms with Gasteiger partial charge in [-0.3, -0.25) is 14.4 Å². The van der Waals surface area contributed by atoms with Crippen molar-refractivity contribution in [3.8, 4) is 0 Å². The topological polar surface area (TPSA) is 54.3 Å². The van der Waals surface area contributed by atoms with Gasteiger partial charge in [0.05, 0.1) is 18.2 Å². The van der Waals surface area contributed by atoms with Gasteiger partial charge in [0.15, 0.2) is 0 Å². The maximum Gasteiger partial charge on any atom is 0.227 e. The lowest BCUT2D eigenvalue weighted by Gasteiger charge is -2.49. The van der Waals surface area contributed by atoms with Gasteiger partial charge in [-0.1, -0.05) is 24.6 Å². The zero-order chi connectivity index (χ0) is 17.8. The Bertz CT molecular complexity index is 598. The maximum absolute atomic E-state index is 12.7. The number of unbranched alkanes of at least 4 members (excludes halogenated alkanes) is 1. The van der Waals surface area contributed by atoms with Crippen molar-refractivity contribution in [1.82, 2.24) is 24.8 Å². The van der Waals surface area contributed by atoms with Crippen LogP contribution in [0, 0.1) is 11.8 Å². The average molecular weight is 345 g/mol. The van der Waals surface area contributed by atoms with Crippen LogP contribution >= 0.6 is 0 Å². The quantitative estimate of drug-likeness (QED) is 0.676. The summed E-state index contributed by atoms with van der Waals surface area (Å²) in [5, 5.41) is 8.60. The van der Waals surface area contributed by atoms with E-state index >= 15 is 0 Å². The van der Waals surface area contributed by atoms with Crippen LogP contribution in [0.3, 0.4) is 0 Å². The van der Waals surface area contributed by atoms with Gasteiger partial charge in [0.1, 0.15) is 0 Å². The van der Waals surface area contributed by atoms with Crippen molar-refractivity contribution in [2.24, 2.45) is 11.8 Å². The first-order chi connectivity index (χ1) is 12.1. The Morgan fingerprint density at radius 2 is 2.36 bits per heavy atom. The molecule has 25 heavy (non-hydrogen) atoms. The Balaban J connectivity index is 1.58. The zero-order valence-corrected chi connectivity index (χ0v) is 15.6. The van der Waals surface area contributed by atoms with Crippen LogP contribution in [0.2, 0.25) is 0 Å². The summed E-state index contributed by atoms with van der Waals surface area (Å²) in [5.74, 6) is 0.916. The molecule has 0 N–H and O–H groups in total. The van der Waals surface area contributed by atoms with Gasteiger partial charge >= 0.3 is 0 Å². The third-order valence-corrected chi connectivity index (χ3v) is 5.75. The number of aryl methyl sites for hydroxylation is 1. The summed E-state index contributed by atoms with van der Waals surface area (Å²) in [4.78, 5) is 17.0. The van der Waals surface area contributed by atoms with Gasteiger partial charge in [-0.15, -0.1) is 11.7 Å². The van der Waals surface area contributed by atoms with E-state index in [1.807, 2.05) is 16.6 Å². The van der Waals surface area contributed by atoms with Gasteiger partial charge in [0, 0.05) is 32.4 Å². The monoisotopic (exact) mass is 345 g/mol. The highest BCUT2D eigenvalue weighted by Gasteiger charge is 2.43. The second kappa shape index (κ2) is 8.13. The molecule has 1 aromatic rings. The summed E-state index contributed by atoms with van der Waals surface area (Å²) < 4.78 is 2.00. The second-order valence-electron chi connectivity index (χ2n) is 7.58. The summed E-state index contributed by atoms with van der Waals surface area (Å²) in [6.45, 7) is 9.43. The highest BCUT2D eigenvalue weighted by atomic mass is 16.2. The SMILES string of the molecule is C=CCN(C)C(=O)C1CN2CCC1CC2Cn1cc(CCCC)nn1. The van der Waals surface area contributed by atoms with Crippen LogP contribution in [0.1, 0.15) is 38.3 Å². The lowest BCUT2D eigenvalue weighted by Crippen LogP contribution is -2.58. The van der Waals surface area contributed by atoms with Crippen LogP contribution in [-0.4, -0.2) is 63.4 Å². The number of hydrogen-bond donors (Lipinski definition) is 0. The normalized spacial score (nSPS) is 28.1. The fourth-order valence-electron chi connectivity index (χ4n) is 4.29. The molecule has 0 spiro atoms. The van der Waals surface area contributed by atoms with E-state index in [9.17, 15) is 4.79 Å². The van der Waals surface area contributed by atoms with Gasteiger partial charge in [-0.25, -0.2) is 0 Å². The van der Waals surface area contributed by atoms with E-state index in [2.05, 4.69) is 34.9 Å². The lowest BCUT2D eigenvalue weighted by molar-refractivity contribution is -0.142. The number of amides is 1. The highest BCUT2D eigenvalue weighted by Crippen LogP contribution is 2.37. The molecule has 2 bridgehead atoms. The molecule has 6 heteroatoms. The Morgan fingerprint density at radius 3 is 3.04 bits per heavy atom. The molecule has 6 nitrogen and oxygen atoms in total. The standard InChI is InChI=1S/C19H31N5O/c1-4-6-7-16-12-24(21-20-16)13-17-11-15-8-10-23(17)14-18(15)19(25)22(3)9-5-2/h5,12,15,17-18H,2,4,6-11,13-14H2,1,3H3. The molecule has 3 saturated heterocycles. The molecule has 3 aliphatic heterocycles. The molecule has 4 heterocycles. The Labute approximate surface area is 150 Å². The largest absolute Gasteiger partial charge is 0.342 e. The van der Waals surface area contributed by atoms with Gasteiger partial charge in [-0.05, 0) is 38.1 Å². The fraction of sp³-hybridized carbons (Fsp3) is 0.737. The van der Waals surface area contributed by atoms with Crippen LogP contribution in [0.15, 0.2) is 18.9 Å². The molecule has 4 rings (SSSR count). The van der Waals surface area contributed by atoms with E-state index < -0.39 is 0 Å². The molecule has 1 amide bonds. The summed E-state index contributed by atoms with van der Waals surface area (Å²) in [6.07, 6.45) is 9.47. The van der Waals surface area contributed by atoms with E-state index in [-0.39, 0.29) is 11.8 Å². The fourth-order valence-corrected chi connectivity index (χ4v) is 4.29. The van der Waals surface area contributed by atoms with E-state index in [0.717, 1.165) is 44.6 Å². The summed E-state index contributed by atoms with van der Waals surface area (Å²) >= 11 is 0. The Kier molecular flexibility index (Phi) is 5.89. The van der Waals surface area contributed by atoms with E-state index in [0.29, 0.717) is 18.5 Å². The minimum absolute atomic E-state index is 0.144. The smallest absolute Gasteiger partial charge is 0.227 e. The van der Waals surface area contributed by atoms with E-state index in [1.54, 1.807) is 6.08 Å². The molecule has 0 radical (unpaired) electrons. The van der Waals surface area contributed by atoms with Gasteiger partial charge in [-0.2, -0.15) is 0 Å². The molecule has 0 aliphatic carbocycles. The van der Waals surface area contributed by atoms with Crippen LogP contribution < -0.4 is 0 Å². The number of likely N-dealkylation sites (N-methyl/N-ethyl adjacent to an activating group) is 1. The molecular weight excluding hydrogens is 314 g/mol. The first-order valence-corrected chi connectivity index (χ1v) is 9.61. The Morgan fingerprint density at radius 1 is 1.52 bits per heavy atom. The number of fused-ring (bicyclic) bond motifs is 3. The van der Waals surface area contributed by atoms with Crippen LogP contribution in [0.4, 0.5) is 0 Å². The number of hydrogen-bond acceptors (Lipinski definition) is 4. The van der Waals surface area contributed by atoms with Crippen LogP contribution in [0.5, 0.6) is 0 Å². The molecule has 4 unspecified atom stereocenters. The molecule has 3 aliphatic rings. The average Bonchev–Trinajstić information content (AvgIpc) is 3.07. The lowest BCUT2D eigenvalue weighted by atomic mass is 9.75. The third kappa shape index (κ3) is 4.11. The van der Waals surface area contributed by atoms with E-state index in [1.165, 1.54) is 12.8 Å². The first-order valence-electron chi connectivity index (χ1n) is 9.61. The van der Waals surface area contributed by atoms with Crippen molar-refractivity contribution in [2.45, 2.75) is 51.6 Å². The van der Waals surface area contributed by atoms with Crippen molar-refractivity contribution in [3.63, 3.8) is 0 Å². The zero-order valence-electron chi connectivity index (χ0n) is 15.6. The third-order valence-electron chi connectivity index (χ3n) is 5.75. The molecule has 0 saturated carbocycles. The molecule has 1 aromatic heterocycles. The number of nitrogens with zero attached hydrogens (tertiary/aromatic N) is 5. The number of aromatic nitrogens is 3. The first kappa shape index (κ1) is 18.1. The summed E-state index contributed by atoms with van der Waals surface area (Å²) in [7, 11) is 1.88. The number of carbonyl (C=O) groups is 1. The molecule has 3 fully saturated rings. The van der Waals surface area contributed by atoms with Gasteiger partial charge < -0.3 is 4.90 Å². The van der Waals surface area contributed by atoms with Crippen molar-refractivity contribution < 1.29 is 4.79 Å². The van der Waals surface area contributed by atoms with Crippen LogP contribution in [0.25, 0.3) is 0 Å². The number of rotatable bonds is 8. The van der Waals surface area contributed by atoms with Crippen molar-refractivity contribution in [1.29, 1.82) is 0 Å². The minimum atomic E-state index is 0.144. The molecule has 4 atom stereocenters. The molecule has 0 aromatic carbocycles. The second-order valence-corrected chi connectivity index (χ2v) is 7.58.